The number of nitriles is 1. The number of imidazole rings is 1. The zero-order chi connectivity index (χ0) is 41.0. The van der Waals surface area contributed by atoms with Gasteiger partial charge in [0.05, 0.1) is 36.4 Å². The minimum atomic E-state index is -2.06. The molecule has 58 heavy (non-hydrogen) atoms. The lowest BCUT2D eigenvalue weighted by Gasteiger charge is -2.25. The molecule has 5 nitrogen and oxygen atoms in total. The molecule has 6 heteroatoms. The fourth-order valence-corrected chi connectivity index (χ4v) is 11.8. The van der Waals surface area contributed by atoms with E-state index in [0.29, 0.717) is 11.1 Å². The standard InChI is InChI=1S/C52H46N4OSi/c1-31(2)39-28-43-37-17-11-13-19-40(37)52(54(43)30-45(39)58(6,7)8)41-27-33(29-53)46-38-18-12-14-20-44(38)57-49(46)47(41)50-55(35-24-22-34(23-25-35)51(3,4)5)42-26-21-32-15-9-10-16-36(32)48(42)56(50)52/h9-28,30-31H,1-8H3/q+2/i31D. The van der Waals surface area contributed by atoms with Gasteiger partial charge in [-0.15, -0.1) is 9.13 Å². The molecule has 2 aliphatic rings. The Kier molecular flexibility index (Phi) is 6.79. The Morgan fingerprint density at radius 1 is 0.828 bits per heavy atom. The molecule has 1 spiro atoms. The highest BCUT2D eigenvalue weighted by atomic mass is 28.3. The van der Waals surface area contributed by atoms with Crippen LogP contribution in [0.1, 0.15) is 69.7 Å². The number of rotatable bonds is 3. The quantitative estimate of drug-likeness (QED) is 0.133. The summed E-state index contributed by atoms with van der Waals surface area (Å²) in [7, 11) is -2.06. The van der Waals surface area contributed by atoms with Crippen LogP contribution in [0.25, 0.3) is 72.1 Å². The van der Waals surface area contributed by atoms with Gasteiger partial charge in [-0.25, -0.2) is 0 Å². The van der Waals surface area contributed by atoms with Crippen molar-refractivity contribution in [3.05, 3.63) is 155 Å². The van der Waals surface area contributed by atoms with Crippen LogP contribution in [0.2, 0.25) is 19.6 Å². The molecule has 0 aliphatic carbocycles. The van der Waals surface area contributed by atoms with E-state index in [-0.39, 0.29) is 5.41 Å². The van der Waals surface area contributed by atoms with Crippen LogP contribution in [0.15, 0.2) is 132 Å². The Hall–Kier alpha value is -6.29. The van der Waals surface area contributed by atoms with Crippen molar-refractivity contribution in [3.63, 3.8) is 0 Å². The SMILES string of the molecule is [2H]C(C)(C)c1cc2[n+](cc1[Si](C)(C)C)C1(c3ccccc3-2)c2cc(C#N)c3c(oc4ccccc43)c2-c2n(-c3ccc(C(C)(C)C)cc3)c3ccc4ccccc4c3[n+]21. The third-order valence-corrected chi connectivity index (χ3v) is 14.8. The highest BCUT2D eigenvalue weighted by molar-refractivity contribution is 6.89. The van der Waals surface area contributed by atoms with Crippen molar-refractivity contribution in [2.75, 3.05) is 0 Å². The minimum absolute atomic E-state index is 0.0105. The van der Waals surface area contributed by atoms with E-state index in [1.165, 1.54) is 10.8 Å². The third-order valence-electron chi connectivity index (χ3n) is 12.8. The van der Waals surface area contributed by atoms with Crippen molar-refractivity contribution in [2.45, 2.75) is 71.2 Å². The highest BCUT2D eigenvalue weighted by Crippen LogP contribution is 2.53. The van der Waals surface area contributed by atoms with E-state index in [2.05, 4.69) is 170 Å². The summed E-state index contributed by atoms with van der Waals surface area (Å²) in [4.78, 5) is 0. The lowest BCUT2D eigenvalue weighted by Crippen LogP contribution is -2.72. The predicted octanol–water partition coefficient (Wildman–Crippen LogP) is 11.4. The number of para-hydroxylation sites is 1. The summed E-state index contributed by atoms with van der Waals surface area (Å²) in [5, 5.41) is 16.4. The van der Waals surface area contributed by atoms with Crippen LogP contribution in [0.5, 0.6) is 0 Å². The molecule has 9 aromatic rings. The molecule has 0 N–H and O–H groups in total. The third kappa shape index (κ3) is 4.40. The summed E-state index contributed by atoms with van der Waals surface area (Å²) >= 11 is 0. The molecular formula is C52H46N4OSi+2. The second-order valence-corrected chi connectivity index (χ2v) is 23.6. The lowest BCUT2D eigenvalue weighted by molar-refractivity contribution is -0.944. The number of hydrogen-bond acceptors (Lipinski definition) is 2. The van der Waals surface area contributed by atoms with Gasteiger partial charge in [-0.1, -0.05) is 115 Å². The Labute approximate surface area is 341 Å². The second-order valence-electron chi connectivity index (χ2n) is 18.5. The summed E-state index contributed by atoms with van der Waals surface area (Å²) < 4.78 is 24.0. The highest BCUT2D eigenvalue weighted by Gasteiger charge is 2.67. The first kappa shape index (κ1) is 33.8. The van der Waals surface area contributed by atoms with Crippen LogP contribution in [0, 0.1) is 11.3 Å². The smallest absolute Gasteiger partial charge is 0.365 e. The molecule has 6 aromatic carbocycles. The Morgan fingerprint density at radius 2 is 1.53 bits per heavy atom. The second kappa shape index (κ2) is 11.6. The van der Waals surface area contributed by atoms with Crippen molar-refractivity contribution < 1.29 is 14.9 Å². The number of nitrogens with zero attached hydrogens (tertiary/aromatic N) is 4. The molecule has 0 bridgehead atoms. The largest absolute Gasteiger partial charge is 0.455 e. The number of aromatic nitrogens is 3. The molecule has 11 rings (SSSR count). The molecule has 2 aliphatic heterocycles. The maximum Gasteiger partial charge on any atom is 0.365 e. The van der Waals surface area contributed by atoms with E-state index in [1.807, 2.05) is 32.0 Å². The van der Waals surface area contributed by atoms with Crippen LogP contribution in [-0.4, -0.2) is 12.6 Å². The van der Waals surface area contributed by atoms with E-state index in [0.717, 1.165) is 83.2 Å². The van der Waals surface area contributed by atoms with E-state index in [9.17, 15) is 6.63 Å². The Bertz CT molecular complexity index is 3350. The molecule has 1 atom stereocenters. The first-order valence-electron chi connectivity index (χ1n) is 20.8. The van der Waals surface area contributed by atoms with Crippen molar-refractivity contribution in [1.29, 1.82) is 5.26 Å². The zero-order valence-corrected chi connectivity index (χ0v) is 35.3. The van der Waals surface area contributed by atoms with Crippen LogP contribution < -0.4 is 14.3 Å². The van der Waals surface area contributed by atoms with Gasteiger partial charge in [0, 0.05) is 28.8 Å². The number of benzene rings is 6. The fraction of sp³-hybridized carbons (Fsp3) is 0.212. The number of furan rings is 1. The lowest BCUT2D eigenvalue weighted by atomic mass is 9.87. The number of pyridine rings is 1. The van der Waals surface area contributed by atoms with Gasteiger partial charge in [-0.3, -0.25) is 0 Å². The maximum absolute atomic E-state index is 11.1. The minimum Gasteiger partial charge on any atom is -0.455 e. The molecule has 0 radical (unpaired) electrons. The molecule has 1 unspecified atom stereocenters. The molecule has 282 valence electrons. The zero-order valence-electron chi connectivity index (χ0n) is 35.3. The Morgan fingerprint density at radius 3 is 2.26 bits per heavy atom. The van der Waals surface area contributed by atoms with E-state index in [4.69, 9.17) is 4.42 Å². The number of hydrogen-bond donors (Lipinski definition) is 0. The number of fused-ring (bicyclic) bond motifs is 18. The van der Waals surface area contributed by atoms with Crippen molar-refractivity contribution in [3.8, 4) is 34.4 Å². The van der Waals surface area contributed by atoms with E-state index in [1.54, 1.807) is 0 Å². The van der Waals surface area contributed by atoms with Gasteiger partial charge < -0.3 is 4.42 Å². The summed E-state index contributed by atoms with van der Waals surface area (Å²) in [6, 6.07) is 46.3. The van der Waals surface area contributed by atoms with Crippen LogP contribution in [-0.2, 0) is 11.1 Å². The van der Waals surface area contributed by atoms with Gasteiger partial charge in [0.15, 0.2) is 22.8 Å². The van der Waals surface area contributed by atoms with Gasteiger partial charge in [-0.05, 0) is 82.4 Å². The van der Waals surface area contributed by atoms with Crippen molar-refractivity contribution >= 4 is 57.0 Å². The topological polar surface area (TPSA) is 49.6 Å². The van der Waals surface area contributed by atoms with Crippen LogP contribution in [0.4, 0.5) is 0 Å². The summed E-state index contributed by atoms with van der Waals surface area (Å²) in [6.07, 6.45) is 2.39. The summed E-state index contributed by atoms with van der Waals surface area (Å²) in [5.74, 6) is 0.180. The monoisotopic (exact) mass is 771 g/mol. The summed E-state index contributed by atoms with van der Waals surface area (Å²) in [5.41, 5.74) is 11.9. The molecule has 0 amide bonds. The first-order chi connectivity index (χ1) is 28.1. The molecule has 3 aromatic heterocycles. The van der Waals surface area contributed by atoms with Gasteiger partial charge in [-0.2, -0.15) is 9.83 Å². The van der Waals surface area contributed by atoms with Gasteiger partial charge >= 0.3 is 11.5 Å². The molecule has 5 heterocycles. The molecule has 0 saturated carbocycles. The van der Waals surface area contributed by atoms with Crippen molar-refractivity contribution in [1.82, 2.24) is 4.57 Å². The van der Waals surface area contributed by atoms with Gasteiger partial charge in [0.25, 0.3) is 0 Å². The Balaban J connectivity index is 1.44. The van der Waals surface area contributed by atoms with Gasteiger partial charge in [0.1, 0.15) is 16.8 Å². The average molecular weight is 772 g/mol. The molecule has 0 fully saturated rings. The molecule has 0 saturated heterocycles. The predicted molar refractivity (Wildman–Crippen MR) is 238 cm³/mol. The maximum atomic E-state index is 11.1. The summed E-state index contributed by atoms with van der Waals surface area (Å²) in [6.45, 7) is 17.9. The van der Waals surface area contributed by atoms with Crippen LogP contribution in [0.3, 0.4) is 0 Å². The first-order valence-corrected chi connectivity index (χ1v) is 23.8. The van der Waals surface area contributed by atoms with E-state index >= 15 is 0 Å². The van der Waals surface area contributed by atoms with E-state index < -0.39 is 19.6 Å². The molecular weight excluding hydrogens is 725 g/mol. The van der Waals surface area contributed by atoms with Gasteiger partial charge in [0.2, 0.25) is 5.69 Å². The van der Waals surface area contributed by atoms with Crippen LogP contribution >= 0.6 is 0 Å². The van der Waals surface area contributed by atoms with Crippen molar-refractivity contribution in [2.24, 2.45) is 0 Å². The normalized spacial score (nSPS) is 16.2. The average Bonchev–Trinajstić information content (AvgIpc) is 3.92. The fourth-order valence-electron chi connectivity index (χ4n) is 10.2.